The van der Waals surface area contributed by atoms with Crippen LogP contribution in [0.3, 0.4) is 0 Å². The SMILES string of the molecule is Cc1ccc(NC(=O)Nc2cccc(S(=O)Nc3ccc(C)c(C)c3)c2)cc1. The van der Waals surface area contributed by atoms with Crippen molar-refractivity contribution in [1.82, 2.24) is 0 Å². The molecule has 5 nitrogen and oxygen atoms in total. The first-order valence-corrected chi connectivity index (χ1v) is 10.1. The topological polar surface area (TPSA) is 70.2 Å². The van der Waals surface area contributed by atoms with Gasteiger partial charge in [-0.05, 0) is 74.4 Å². The van der Waals surface area contributed by atoms with Crippen LogP contribution in [0.15, 0.2) is 71.6 Å². The lowest BCUT2D eigenvalue weighted by atomic mass is 10.1. The van der Waals surface area contributed by atoms with Crippen LogP contribution in [-0.2, 0) is 11.0 Å². The first-order chi connectivity index (χ1) is 13.4. The molecule has 0 aliphatic rings. The third-order valence-corrected chi connectivity index (χ3v) is 5.44. The van der Waals surface area contributed by atoms with E-state index in [1.807, 2.05) is 63.2 Å². The van der Waals surface area contributed by atoms with Gasteiger partial charge in [0.05, 0.1) is 4.90 Å². The van der Waals surface area contributed by atoms with Crippen LogP contribution in [0.1, 0.15) is 16.7 Å². The molecule has 0 radical (unpaired) electrons. The Bertz CT molecular complexity index is 1020. The molecule has 1 atom stereocenters. The smallest absolute Gasteiger partial charge is 0.308 e. The Morgan fingerprint density at radius 2 is 1.43 bits per heavy atom. The van der Waals surface area contributed by atoms with Crippen molar-refractivity contribution in [1.29, 1.82) is 0 Å². The molecule has 0 spiro atoms. The Hall–Kier alpha value is -3.12. The molecule has 144 valence electrons. The highest BCUT2D eigenvalue weighted by atomic mass is 32.2. The van der Waals surface area contributed by atoms with Crippen LogP contribution in [0.25, 0.3) is 0 Å². The molecule has 3 aromatic rings. The number of rotatable bonds is 5. The van der Waals surface area contributed by atoms with Gasteiger partial charge in [0.25, 0.3) is 0 Å². The van der Waals surface area contributed by atoms with Crippen molar-refractivity contribution in [3.05, 3.63) is 83.4 Å². The number of hydrogen-bond donors (Lipinski definition) is 3. The van der Waals surface area contributed by atoms with Crippen molar-refractivity contribution in [3.8, 4) is 0 Å². The zero-order chi connectivity index (χ0) is 20.1. The van der Waals surface area contributed by atoms with E-state index in [0.717, 1.165) is 16.8 Å². The standard InChI is InChI=1S/C22H23N3O2S/c1-15-7-10-18(11-8-15)23-22(26)24-19-5-4-6-21(14-19)28(27)25-20-12-9-16(2)17(3)13-20/h4-14,25H,1-3H3,(H2,23,24,26). The lowest BCUT2D eigenvalue weighted by Crippen LogP contribution is -2.19. The zero-order valence-corrected chi connectivity index (χ0v) is 16.9. The molecule has 6 heteroatoms. The van der Waals surface area contributed by atoms with Gasteiger partial charge in [0.1, 0.15) is 11.0 Å². The quantitative estimate of drug-likeness (QED) is 0.544. The van der Waals surface area contributed by atoms with Crippen molar-refractivity contribution >= 4 is 34.1 Å². The Labute approximate surface area is 167 Å². The van der Waals surface area contributed by atoms with Crippen molar-refractivity contribution in [2.24, 2.45) is 0 Å². The summed E-state index contributed by atoms with van der Waals surface area (Å²) in [4.78, 5) is 12.8. The van der Waals surface area contributed by atoms with Gasteiger partial charge in [0.15, 0.2) is 0 Å². The molecule has 1 unspecified atom stereocenters. The summed E-state index contributed by atoms with van der Waals surface area (Å²) in [5.41, 5.74) is 5.50. The highest BCUT2D eigenvalue weighted by Gasteiger charge is 2.08. The first kappa shape index (κ1) is 19.6. The molecule has 0 aromatic heterocycles. The lowest BCUT2D eigenvalue weighted by Gasteiger charge is -2.11. The van der Waals surface area contributed by atoms with Gasteiger partial charge in [-0.2, -0.15) is 0 Å². The third-order valence-electron chi connectivity index (χ3n) is 4.33. The molecule has 3 N–H and O–H groups in total. The summed E-state index contributed by atoms with van der Waals surface area (Å²) >= 11 is 0. The highest BCUT2D eigenvalue weighted by Crippen LogP contribution is 2.19. The number of hydrogen-bond acceptors (Lipinski definition) is 2. The van der Waals surface area contributed by atoms with Gasteiger partial charge in [0.2, 0.25) is 0 Å². The molecule has 0 bridgehead atoms. The minimum absolute atomic E-state index is 0.353. The Morgan fingerprint density at radius 1 is 0.750 bits per heavy atom. The lowest BCUT2D eigenvalue weighted by molar-refractivity contribution is 0.262. The van der Waals surface area contributed by atoms with Gasteiger partial charge in [-0.1, -0.05) is 29.8 Å². The molecule has 0 saturated heterocycles. The molecule has 0 aliphatic heterocycles. The van der Waals surface area contributed by atoms with Crippen LogP contribution in [0, 0.1) is 20.8 Å². The fourth-order valence-electron chi connectivity index (χ4n) is 2.59. The maximum Gasteiger partial charge on any atom is 0.323 e. The summed E-state index contributed by atoms with van der Waals surface area (Å²) in [6.45, 7) is 6.04. The van der Waals surface area contributed by atoms with Crippen LogP contribution in [0.2, 0.25) is 0 Å². The second-order valence-corrected chi connectivity index (χ2v) is 7.86. The average molecular weight is 394 g/mol. The van der Waals surface area contributed by atoms with Crippen LogP contribution in [-0.4, -0.2) is 10.2 Å². The van der Waals surface area contributed by atoms with E-state index in [2.05, 4.69) is 15.4 Å². The molecule has 3 rings (SSSR count). The molecular formula is C22H23N3O2S. The van der Waals surface area contributed by atoms with Gasteiger partial charge in [-0.3, -0.25) is 0 Å². The molecule has 28 heavy (non-hydrogen) atoms. The second-order valence-electron chi connectivity index (χ2n) is 6.64. The number of carbonyl (C=O) groups is 1. The number of anilines is 3. The zero-order valence-electron chi connectivity index (χ0n) is 16.1. The summed E-state index contributed by atoms with van der Waals surface area (Å²) in [6, 6.07) is 20.0. The fraction of sp³-hybridized carbons (Fsp3) is 0.136. The fourth-order valence-corrected chi connectivity index (χ4v) is 3.49. The van der Waals surface area contributed by atoms with E-state index in [1.165, 1.54) is 5.56 Å². The van der Waals surface area contributed by atoms with Crippen LogP contribution >= 0.6 is 0 Å². The summed E-state index contributed by atoms with van der Waals surface area (Å²) in [6.07, 6.45) is 0. The van der Waals surface area contributed by atoms with E-state index in [-0.39, 0.29) is 6.03 Å². The normalized spacial score (nSPS) is 11.5. The van der Waals surface area contributed by atoms with Crippen molar-refractivity contribution in [2.45, 2.75) is 25.7 Å². The molecule has 0 heterocycles. The van der Waals surface area contributed by atoms with Crippen molar-refractivity contribution in [3.63, 3.8) is 0 Å². The van der Waals surface area contributed by atoms with E-state index >= 15 is 0 Å². The molecular weight excluding hydrogens is 370 g/mol. The van der Waals surface area contributed by atoms with E-state index in [0.29, 0.717) is 16.3 Å². The van der Waals surface area contributed by atoms with Gasteiger partial charge >= 0.3 is 6.03 Å². The number of amides is 2. The van der Waals surface area contributed by atoms with Crippen LogP contribution in [0.5, 0.6) is 0 Å². The maximum atomic E-state index is 12.6. The predicted molar refractivity (Wildman–Crippen MR) is 116 cm³/mol. The molecule has 0 saturated carbocycles. The number of benzene rings is 3. The summed E-state index contributed by atoms with van der Waals surface area (Å²) < 4.78 is 15.6. The van der Waals surface area contributed by atoms with Gasteiger partial charge in [-0.25, -0.2) is 9.00 Å². The van der Waals surface area contributed by atoms with Crippen molar-refractivity contribution < 1.29 is 9.00 Å². The third kappa shape index (κ3) is 5.20. The molecule has 0 fully saturated rings. The van der Waals surface area contributed by atoms with Gasteiger partial charge in [-0.15, -0.1) is 0 Å². The van der Waals surface area contributed by atoms with Crippen LogP contribution < -0.4 is 15.4 Å². The highest BCUT2D eigenvalue weighted by molar-refractivity contribution is 7.86. The average Bonchev–Trinajstić information content (AvgIpc) is 2.67. The summed E-state index contributed by atoms with van der Waals surface area (Å²) in [5, 5.41) is 5.54. The minimum atomic E-state index is -1.44. The van der Waals surface area contributed by atoms with Gasteiger partial charge in [0, 0.05) is 17.1 Å². The number of aryl methyl sites for hydroxylation is 3. The summed E-state index contributed by atoms with van der Waals surface area (Å²) in [7, 11) is -1.44. The monoisotopic (exact) mass is 393 g/mol. The molecule has 2 amide bonds. The van der Waals surface area contributed by atoms with Gasteiger partial charge < -0.3 is 15.4 Å². The Morgan fingerprint density at radius 3 is 2.14 bits per heavy atom. The second kappa shape index (κ2) is 8.71. The molecule has 0 aliphatic carbocycles. The van der Waals surface area contributed by atoms with E-state index < -0.39 is 11.0 Å². The van der Waals surface area contributed by atoms with Crippen molar-refractivity contribution in [2.75, 3.05) is 15.4 Å². The first-order valence-electron chi connectivity index (χ1n) is 8.91. The van der Waals surface area contributed by atoms with Crippen LogP contribution in [0.4, 0.5) is 21.9 Å². The largest absolute Gasteiger partial charge is 0.323 e. The van der Waals surface area contributed by atoms with E-state index in [4.69, 9.17) is 0 Å². The number of carbonyl (C=O) groups excluding carboxylic acids is 1. The number of nitrogens with one attached hydrogen (secondary N) is 3. The Kier molecular flexibility index (Phi) is 6.11. The summed E-state index contributed by atoms with van der Waals surface area (Å²) in [5.74, 6) is 0. The predicted octanol–water partition coefficient (Wildman–Crippen LogP) is 5.39. The minimum Gasteiger partial charge on any atom is -0.308 e. The Balaban J connectivity index is 1.65. The van der Waals surface area contributed by atoms with E-state index in [9.17, 15) is 9.00 Å². The number of urea groups is 1. The molecule has 3 aromatic carbocycles. The van der Waals surface area contributed by atoms with E-state index in [1.54, 1.807) is 24.3 Å². The maximum absolute atomic E-state index is 12.6.